The Morgan fingerprint density at radius 3 is 2.64 bits per heavy atom. The smallest absolute Gasteiger partial charge is 0.273 e. The quantitative estimate of drug-likeness (QED) is 0.704. The van der Waals surface area contributed by atoms with E-state index in [1.54, 1.807) is 0 Å². The molecule has 0 N–H and O–H groups in total. The third-order valence-electron chi connectivity index (χ3n) is 4.50. The molecule has 0 atom stereocenters. The van der Waals surface area contributed by atoms with E-state index >= 15 is 0 Å². The van der Waals surface area contributed by atoms with E-state index in [0.29, 0.717) is 18.8 Å². The fourth-order valence-electron chi connectivity index (χ4n) is 3.11. The number of benzene rings is 2. The summed E-state index contributed by atoms with van der Waals surface area (Å²) in [5, 5.41) is 2.75. The van der Waals surface area contributed by atoms with Crippen LogP contribution >= 0.6 is 11.3 Å². The average Bonchev–Trinajstić information content (AvgIpc) is 3.09. The molecule has 0 bridgehead atoms. The monoisotopic (exact) mass is 349 g/mol. The van der Waals surface area contributed by atoms with Crippen molar-refractivity contribution in [2.45, 2.75) is 6.54 Å². The van der Waals surface area contributed by atoms with Crippen LogP contribution in [0.25, 0.3) is 10.6 Å². The zero-order valence-corrected chi connectivity index (χ0v) is 14.9. The number of amides is 1. The van der Waals surface area contributed by atoms with Crippen LogP contribution in [-0.2, 0) is 6.54 Å². The Hall–Kier alpha value is -2.66. The number of nitrogens with zero attached hydrogens (tertiary/aromatic N) is 3. The zero-order valence-electron chi connectivity index (χ0n) is 14.1. The van der Waals surface area contributed by atoms with Crippen molar-refractivity contribution in [2.24, 2.45) is 0 Å². The molecule has 0 spiro atoms. The molecule has 2 aromatic carbocycles. The molecular formula is C20H19N3OS. The zero-order chi connectivity index (χ0) is 17.2. The summed E-state index contributed by atoms with van der Waals surface area (Å²) in [7, 11) is 2.07. The number of carbonyl (C=O) groups is 1. The molecule has 0 radical (unpaired) electrons. The third kappa shape index (κ3) is 3.15. The van der Waals surface area contributed by atoms with Crippen LogP contribution in [0.4, 0.5) is 5.69 Å². The van der Waals surface area contributed by atoms with Gasteiger partial charge in [0, 0.05) is 43.3 Å². The Morgan fingerprint density at radius 1 is 1.04 bits per heavy atom. The van der Waals surface area contributed by atoms with Gasteiger partial charge in [-0.05, 0) is 11.6 Å². The molecule has 0 saturated heterocycles. The summed E-state index contributed by atoms with van der Waals surface area (Å²) < 4.78 is 0. The van der Waals surface area contributed by atoms with Gasteiger partial charge in [-0.15, -0.1) is 11.3 Å². The molecule has 0 aliphatic carbocycles. The Kier molecular flexibility index (Phi) is 4.24. The Bertz CT molecular complexity index is 891. The second-order valence-corrected chi connectivity index (χ2v) is 7.04. The molecular weight excluding hydrogens is 330 g/mol. The molecule has 25 heavy (non-hydrogen) atoms. The second kappa shape index (κ2) is 6.69. The lowest BCUT2D eigenvalue weighted by molar-refractivity contribution is 0.0747. The van der Waals surface area contributed by atoms with Crippen LogP contribution in [0.15, 0.2) is 60.0 Å². The highest BCUT2D eigenvalue weighted by Crippen LogP contribution is 2.27. The fraction of sp³-hybridized carbons (Fsp3) is 0.200. The Balaban J connectivity index is 1.58. The van der Waals surface area contributed by atoms with Gasteiger partial charge in [0.2, 0.25) is 0 Å². The van der Waals surface area contributed by atoms with Gasteiger partial charge in [-0.25, -0.2) is 4.98 Å². The van der Waals surface area contributed by atoms with Crippen LogP contribution in [0, 0.1) is 0 Å². The lowest BCUT2D eigenvalue weighted by Gasteiger charge is -2.20. The number of rotatable bonds is 2. The third-order valence-corrected chi connectivity index (χ3v) is 5.39. The first-order valence-corrected chi connectivity index (χ1v) is 9.19. The van der Waals surface area contributed by atoms with Gasteiger partial charge in [0.05, 0.1) is 0 Å². The van der Waals surface area contributed by atoms with Gasteiger partial charge >= 0.3 is 0 Å². The number of hydrogen-bond acceptors (Lipinski definition) is 4. The highest BCUT2D eigenvalue weighted by Gasteiger charge is 2.23. The van der Waals surface area contributed by atoms with E-state index in [0.717, 1.165) is 17.1 Å². The maximum absolute atomic E-state index is 13.0. The molecule has 4 nitrogen and oxygen atoms in total. The summed E-state index contributed by atoms with van der Waals surface area (Å²) in [5.41, 5.74) is 3.95. The van der Waals surface area contributed by atoms with Crippen molar-refractivity contribution in [1.82, 2.24) is 9.88 Å². The Morgan fingerprint density at radius 2 is 1.80 bits per heavy atom. The van der Waals surface area contributed by atoms with E-state index in [-0.39, 0.29) is 5.91 Å². The highest BCUT2D eigenvalue weighted by molar-refractivity contribution is 7.13. The van der Waals surface area contributed by atoms with Crippen molar-refractivity contribution in [3.8, 4) is 10.6 Å². The molecule has 0 unspecified atom stereocenters. The molecule has 1 aromatic heterocycles. The molecule has 1 aliphatic heterocycles. The molecule has 2 heterocycles. The first kappa shape index (κ1) is 15.8. The van der Waals surface area contributed by atoms with Crippen molar-refractivity contribution < 1.29 is 4.79 Å². The topological polar surface area (TPSA) is 36.4 Å². The van der Waals surface area contributed by atoms with Gasteiger partial charge < -0.3 is 9.80 Å². The van der Waals surface area contributed by atoms with E-state index < -0.39 is 0 Å². The molecule has 4 rings (SSSR count). The summed E-state index contributed by atoms with van der Waals surface area (Å²) >= 11 is 1.52. The minimum absolute atomic E-state index is 0.00327. The van der Waals surface area contributed by atoms with Crippen LogP contribution in [0.1, 0.15) is 16.1 Å². The minimum atomic E-state index is 0.00327. The van der Waals surface area contributed by atoms with Crippen molar-refractivity contribution in [2.75, 3.05) is 25.0 Å². The number of carbonyl (C=O) groups excluding carboxylic acids is 1. The van der Waals surface area contributed by atoms with Crippen molar-refractivity contribution >= 4 is 22.9 Å². The minimum Gasteiger partial charge on any atom is -0.373 e. The van der Waals surface area contributed by atoms with Crippen molar-refractivity contribution in [3.05, 3.63) is 71.2 Å². The second-order valence-electron chi connectivity index (χ2n) is 6.18. The van der Waals surface area contributed by atoms with Gasteiger partial charge in [-0.3, -0.25) is 4.79 Å². The van der Waals surface area contributed by atoms with Crippen LogP contribution in [0.2, 0.25) is 0 Å². The van der Waals surface area contributed by atoms with E-state index in [2.05, 4.69) is 29.1 Å². The number of hydrogen-bond donors (Lipinski definition) is 0. The number of thiazole rings is 1. The SMILES string of the molecule is CN1CCN(C(=O)c2csc(-c3ccccc3)n2)Cc2ccccc21. The predicted molar refractivity (Wildman–Crippen MR) is 102 cm³/mol. The predicted octanol–water partition coefficient (Wildman–Crippen LogP) is 3.90. The van der Waals surface area contributed by atoms with Gasteiger partial charge in [0.1, 0.15) is 10.7 Å². The van der Waals surface area contributed by atoms with Gasteiger partial charge in [-0.1, -0.05) is 48.5 Å². The Labute approximate surface area is 151 Å². The molecule has 5 heteroatoms. The van der Waals surface area contributed by atoms with E-state index in [9.17, 15) is 4.79 Å². The van der Waals surface area contributed by atoms with Crippen molar-refractivity contribution in [1.29, 1.82) is 0 Å². The highest BCUT2D eigenvalue weighted by atomic mass is 32.1. The number of fused-ring (bicyclic) bond motifs is 1. The standard InChI is InChI=1S/C20H19N3OS/c1-22-11-12-23(13-16-9-5-6-10-18(16)22)20(24)17-14-25-19(21-17)15-7-3-2-4-8-15/h2-10,14H,11-13H2,1H3. The fourth-order valence-corrected chi connectivity index (χ4v) is 3.91. The molecule has 0 saturated carbocycles. The first-order valence-electron chi connectivity index (χ1n) is 8.31. The van der Waals surface area contributed by atoms with Crippen LogP contribution < -0.4 is 4.90 Å². The maximum Gasteiger partial charge on any atom is 0.273 e. The van der Waals surface area contributed by atoms with Crippen LogP contribution in [0.5, 0.6) is 0 Å². The summed E-state index contributed by atoms with van der Waals surface area (Å²) in [4.78, 5) is 21.6. The number of likely N-dealkylation sites (N-methyl/N-ethyl adjacent to an activating group) is 1. The van der Waals surface area contributed by atoms with E-state index in [1.807, 2.05) is 52.7 Å². The van der Waals surface area contributed by atoms with Crippen LogP contribution in [0.3, 0.4) is 0 Å². The molecule has 3 aromatic rings. The number of anilines is 1. The lowest BCUT2D eigenvalue weighted by atomic mass is 10.1. The lowest BCUT2D eigenvalue weighted by Crippen LogP contribution is -2.34. The molecule has 1 amide bonds. The molecule has 0 fully saturated rings. The first-order chi connectivity index (χ1) is 12.2. The normalized spacial score (nSPS) is 14.1. The van der Waals surface area contributed by atoms with Gasteiger partial charge in [0.15, 0.2) is 0 Å². The summed E-state index contributed by atoms with van der Waals surface area (Å²) in [5.74, 6) is 0.00327. The average molecular weight is 349 g/mol. The van der Waals surface area contributed by atoms with Crippen molar-refractivity contribution in [3.63, 3.8) is 0 Å². The van der Waals surface area contributed by atoms with Gasteiger partial charge in [-0.2, -0.15) is 0 Å². The molecule has 1 aliphatic rings. The summed E-state index contributed by atoms with van der Waals surface area (Å²) in [6, 6.07) is 18.3. The maximum atomic E-state index is 13.0. The molecule has 126 valence electrons. The van der Waals surface area contributed by atoms with Crippen LogP contribution in [-0.4, -0.2) is 35.9 Å². The van der Waals surface area contributed by atoms with E-state index in [4.69, 9.17) is 0 Å². The number of para-hydroxylation sites is 1. The summed E-state index contributed by atoms with van der Waals surface area (Å²) in [6.07, 6.45) is 0. The van der Waals surface area contributed by atoms with Gasteiger partial charge in [0.25, 0.3) is 5.91 Å². The van der Waals surface area contributed by atoms with E-state index in [1.165, 1.54) is 22.6 Å². The summed E-state index contributed by atoms with van der Waals surface area (Å²) in [6.45, 7) is 2.14. The largest absolute Gasteiger partial charge is 0.373 e. The number of aromatic nitrogens is 1.